The maximum Gasteiger partial charge on any atom is 0.416 e. The molecule has 0 aliphatic rings. The van der Waals surface area contributed by atoms with E-state index in [1.807, 2.05) is 0 Å². The monoisotopic (exact) mass is 497 g/mol. The average molecular weight is 497 g/mol. The minimum Gasteiger partial charge on any atom is -0.457 e. The Bertz CT molecular complexity index is 1250. The zero-order valence-electron chi connectivity index (χ0n) is 17.2. The van der Waals surface area contributed by atoms with Crippen molar-refractivity contribution in [3.05, 3.63) is 72.4 Å². The molecule has 0 bridgehead atoms. The number of hydrogen-bond acceptors (Lipinski definition) is 7. The molecular weight excluding hydrogens is 479 g/mol. The van der Waals surface area contributed by atoms with Crippen molar-refractivity contribution < 1.29 is 41.0 Å². The lowest BCUT2D eigenvalue weighted by Crippen LogP contribution is -2.29. The van der Waals surface area contributed by atoms with Gasteiger partial charge in [0.05, 0.1) is 22.8 Å². The second-order valence-corrected chi connectivity index (χ2v) is 8.31. The van der Waals surface area contributed by atoms with Gasteiger partial charge in [-0.2, -0.15) is 13.2 Å². The molecule has 2 aromatic carbocycles. The van der Waals surface area contributed by atoms with Gasteiger partial charge in [0.25, 0.3) is 10.0 Å². The van der Waals surface area contributed by atoms with Gasteiger partial charge >= 0.3 is 12.3 Å². The number of aliphatic hydroxyl groups is 1. The summed E-state index contributed by atoms with van der Waals surface area (Å²) in [6.45, 7) is -0.315. The Hall–Kier alpha value is -3.84. The molecule has 0 spiro atoms. The highest BCUT2D eigenvalue weighted by atomic mass is 32.2. The molecule has 3 rings (SSSR count). The van der Waals surface area contributed by atoms with E-state index in [0.717, 1.165) is 12.1 Å². The Kier molecular flexibility index (Phi) is 7.58. The number of carbonyl (C=O) groups is 1. The summed E-state index contributed by atoms with van der Waals surface area (Å²) in [4.78, 5) is 15.2. The second kappa shape index (κ2) is 10.4. The van der Waals surface area contributed by atoms with E-state index < -0.39 is 27.9 Å². The lowest BCUT2D eigenvalue weighted by Gasteiger charge is -2.11. The fourth-order valence-electron chi connectivity index (χ4n) is 2.59. The number of pyridine rings is 1. The summed E-state index contributed by atoms with van der Waals surface area (Å²) < 4.78 is 76.4. The number of benzene rings is 2. The van der Waals surface area contributed by atoms with Crippen molar-refractivity contribution in [1.82, 2.24) is 10.3 Å². The van der Waals surface area contributed by atoms with Crippen LogP contribution in [0.25, 0.3) is 0 Å². The van der Waals surface area contributed by atoms with Gasteiger partial charge in [-0.25, -0.2) is 18.2 Å². The van der Waals surface area contributed by atoms with E-state index >= 15 is 0 Å². The van der Waals surface area contributed by atoms with Gasteiger partial charge in [0, 0.05) is 18.8 Å². The highest BCUT2D eigenvalue weighted by Gasteiger charge is 2.30. The minimum absolute atomic E-state index is 0.0291. The van der Waals surface area contributed by atoms with Crippen LogP contribution in [0.5, 0.6) is 17.4 Å². The Balaban J connectivity index is 1.69. The molecule has 3 aromatic rings. The normalized spacial score (nSPS) is 11.5. The van der Waals surface area contributed by atoms with Crippen molar-refractivity contribution in [1.29, 1.82) is 0 Å². The molecule has 9 nitrogen and oxygen atoms in total. The molecule has 3 N–H and O–H groups in total. The van der Waals surface area contributed by atoms with E-state index in [4.69, 9.17) is 14.6 Å². The van der Waals surface area contributed by atoms with Gasteiger partial charge < -0.3 is 19.9 Å². The third-order valence-electron chi connectivity index (χ3n) is 4.10. The summed E-state index contributed by atoms with van der Waals surface area (Å²) in [5, 5.41) is 10.9. The van der Waals surface area contributed by atoms with Crippen molar-refractivity contribution >= 4 is 21.8 Å². The summed E-state index contributed by atoms with van der Waals surface area (Å²) in [5.74, 6) is -0.108. The highest BCUT2D eigenvalue weighted by Crippen LogP contribution is 2.33. The summed E-state index contributed by atoms with van der Waals surface area (Å²) in [7, 11) is -4.06. The molecule has 1 amide bonds. The fraction of sp³-hybridized carbons (Fsp3) is 0.143. The van der Waals surface area contributed by atoms with Crippen molar-refractivity contribution in [3.63, 3.8) is 0 Å². The number of sulfonamides is 1. The van der Waals surface area contributed by atoms with E-state index in [1.165, 1.54) is 54.7 Å². The summed E-state index contributed by atoms with van der Waals surface area (Å²) in [6.07, 6.45) is -4.18. The Labute approximate surface area is 192 Å². The van der Waals surface area contributed by atoms with Crippen molar-refractivity contribution in [2.24, 2.45) is 0 Å². The zero-order valence-corrected chi connectivity index (χ0v) is 18.1. The van der Waals surface area contributed by atoms with Gasteiger partial charge in [0.1, 0.15) is 11.5 Å². The first kappa shape index (κ1) is 24.8. The Morgan fingerprint density at radius 3 is 2.44 bits per heavy atom. The number of alkyl halides is 3. The van der Waals surface area contributed by atoms with Gasteiger partial charge in [-0.05, 0) is 48.5 Å². The van der Waals surface area contributed by atoms with Gasteiger partial charge in [-0.15, -0.1) is 0 Å². The topological polar surface area (TPSA) is 127 Å². The molecule has 0 aliphatic carbocycles. The van der Waals surface area contributed by atoms with Crippen LogP contribution >= 0.6 is 0 Å². The predicted molar refractivity (Wildman–Crippen MR) is 114 cm³/mol. The molecule has 0 unspecified atom stereocenters. The second-order valence-electron chi connectivity index (χ2n) is 6.63. The SMILES string of the molecule is O=C(NCCO)Oc1cc(NS(=O)(=O)c2ccc(Oc3cccc(C(F)(F)F)c3)cc2)ccn1. The molecule has 0 saturated heterocycles. The lowest BCUT2D eigenvalue weighted by molar-refractivity contribution is -0.137. The number of rotatable bonds is 8. The van der Waals surface area contributed by atoms with Crippen LogP contribution in [0.3, 0.4) is 0 Å². The number of aliphatic hydroxyl groups excluding tert-OH is 1. The number of nitrogens with zero attached hydrogens (tertiary/aromatic N) is 1. The Morgan fingerprint density at radius 2 is 1.76 bits per heavy atom. The third kappa shape index (κ3) is 6.83. The largest absolute Gasteiger partial charge is 0.457 e. The van der Waals surface area contributed by atoms with Crippen LogP contribution in [0, 0.1) is 0 Å². The highest BCUT2D eigenvalue weighted by molar-refractivity contribution is 7.92. The van der Waals surface area contributed by atoms with Crippen molar-refractivity contribution in [3.8, 4) is 17.4 Å². The molecule has 0 aliphatic heterocycles. The van der Waals surface area contributed by atoms with Crippen LogP contribution in [-0.2, 0) is 16.2 Å². The van der Waals surface area contributed by atoms with Crippen LogP contribution < -0.4 is 19.5 Å². The Morgan fingerprint density at radius 1 is 1.03 bits per heavy atom. The number of halogens is 3. The van der Waals surface area contributed by atoms with Crippen LogP contribution in [0.1, 0.15) is 5.56 Å². The fourth-order valence-corrected chi connectivity index (χ4v) is 3.64. The number of aromatic nitrogens is 1. The van der Waals surface area contributed by atoms with E-state index in [9.17, 15) is 26.4 Å². The number of nitrogens with one attached hydrogen (secondary N) is 2. The third-order valence-corrected chi connectivity index (χ3v) is 5.49. The molecular formula is C21H18F3N3O6S. The molecule has 0 saturated carbocycles. The number of amides is 1. The first-order chi connectivity index (χ1) is 16.1. The predicted octanol–water partition coefficient (Wildman–Crippen LogP) is 3.77. The van der Waals surface area contributed by atoms with Gasteiger partial charge in [0.2, 0.25) is 5.88 Å². The van der Waals surface area contributed by atoms with Gasteiger partial charge in [0.15, 0.2) is 0 Å². The number of anilines is 1. The maximum atomic E-state index is 12.8. The van der Waals surface area contributed by atoms with Gasteiger partial charge in [-0.1, -0.05) is 6.07 Å². The summed E-state index contributed by atoms with van der Waals surface area (Å²) in [6, 6.07) is 11.8. The molecule has 34 heavy (non-hydrogen) atoms. The standard InChI is InChI=1S/C21H18F3N3O6S/c22-21(23,24)14-2-1-3-17(12-14)32-16-4-6-18(7-5-16)34(30,31)27-15-8-9-25-19(13-15)33-20(29)26-10-11-28/h1-9,12-13,28H,10-11H2,(H,25,27)(H,26,29). The van der Waals surface area contributed by atoms with Gasteiger partial charge in [-0.3, -0.25) is 4.72 Å². The zero-order chi connectivity index (χ0) is 24.8. The summed E-state index contributed by atoms with van der Waals surface area (Å²) in [5.41, 5.74) is -0.816. The smallest absolute Gasteiger partial charge is 0.416 e. The summed E-state index contributed by atoms with van der Waals surface area (Å²) >= 11 is 0. The molecule has 180 valence electrons. The number of hydrogen-bond donors (Lipinski definition) is 3. The molecule has 0 fully saturated rings. The quantitative estimate of drug-likeness (QED) is 0.432. The van der Waals surface area contributed by atoms with Crippen LogP contribution in [-0.4, -0.2) is 37.8 Å². The van der Waals surface area contributed by atoms with E-state index in [0.29, 0.717) is 0 Å². The van der Waals surface area contributed by atoms with Crippen LogP contribution in [0.2, 0.25) is 0 Å². The number of ether oxygens (including phenoxy) is 2. The maximum absolute atomic E-state index is 12.8. The lowest BCUT2D eigenvalue weighted by atomic mass is 10.2. The minimum atomic E-state index is -4.52. The molecule has 13 heteroatoms. The molecule has 0 atom stereocenters. The van der Waals surface area contributed by atoms with E-state index in [1.54, 1.807) is 0 Å². The number of carbonyl (C=O) groups excluding carboxylic acids is 1. The molecule has 1 aromatic heterocycles. The van der Waals surface area contributed by atoms with Crippen molar-refractivity contribution in [2.75, 3.05) is 17.9 Å². The molecule has 0 radical (unpaired) electrons. The van der Waals surface area contributed by atoms with E-state index in [-0.39, 0.29) is 41.1 Å². The molecule has 1 heterocycles. The average Bonchev–Trinajstić information content (AvgIpc) is 2.77. The van der Waals surface area contributed by atoms with E-state index in [2.05, 4.69) is 15.0 Å². The van der Waals surface area contributed by atoms with Crippen molar-refractivity contribution in [2.45, 2.75) is 11.1 Å². The first-order valence-electron chi connectivity index (χ1n) is 9.57. The van der Waals surface area contributed by atoms with Crippen LogP contribution in [0.4, 0.5) is 23.7 Å². The first-order valence-corrected chi connectivity index (χ1v) is 11.1. The van der Waals surface area contributed by atoms with Crippen LogP contribution in [0.15, 0.2) is 71.8 Å².